The van der Waals surface area contributed by atoms with Gasteiger partial charge < -0.3 is 9.80 Å². The Balaban J connectivity index is 1.21. The van der Waals surface area contributed by atoms with Crippen molar-refractivity contribution in [2.45, 2.75) is 19.3 Å². The summed E-state index contributed by atoms with van der Waals surface area (Å²) in [6.45, 7) is 4.84. The van der Waals surface area contributed by atoms with Crippen LogP contribution in [0.3, 0.4) is 0 Å². The summed E-state index contributed by atoms with van der Waals surface area (Å²) in [6, 6.07) is 75.6. The Morgan fingerprint density at radius 2 is 0.632 bits per heavy atom. The molecular weight excluding hydrogens is 689 g/mol. The van der Waals surface area contributed by atoms with Crippen molar-refractivity contribution in [2.75, 3.05) is 9.80 Å². The van der Waals surface area contributed by atoms with Gasteiger partial charge in [0.05, 0.1) is 22.7 Å². The molecule has 0 spiro atoms. The van der Waals surface area contributed by atoms with Gasteiger partial charge in [0.15, 0.2) is 0 Å². The van der Waals surface area contributed by atoms with Crippen molar-refractivity contribution in [3.8, 4) is 11.1 Å². The minimum absolute atomic E-state index is 0.315. The summed E-state index contributed by atoms with van der Waals surface area (Å²) in [5, 5.41) is 9.89. The maximum atomic E-state index is 2.50. The molecule has 10 aromatic carbocycles. The van der Waals surface area contributed by atoms with E-state index in [1.54, 1.807) is 0 Å². The van der Waals surface area contributed by atoms with E-state index in [2.05, 4.69) is 230 Å². The molecule has 2 nitrogen and oxygen atoms in total. The lowest BCUT2D eigenvalue weighted by Crippen LogP contribution is -2.18. The lowest BCUT2D eigenvalue weighted by molar-refractivity contribution is 0.661. The third-order valence-electron chi connectivity index (χ3n) is 12.2. The molecule has 0 radical (unpaired) electrons. The fourth-order valence-electron chi connectivity index (χ4n) is 9.53. The van der Waals surface area contributed by atoms with Crippen molar-refractivity contribution in [2.24, 2.45) is 0 Å². The minimum atomic E-state index is -0.315. The molecule has 0 N–H and O–H groups in total. The standard InChI is InChI=1S/C55H40N2/c1-55(2)47-35-51(56(39-23-5-3-6-24-39)49-33-17-21-37-19-9-11-27-41(37)49)43-29-13-15-31-45(43)53(47)54-46-32-16-14-30-44(46)52(36-48(54)55)57(40-25-7-4-8-26-40)50-34-18-22-38-20-10-12-28-42(38)50/h3-36H,1-2H3. The molecule has 57 heavy (non-hydrogen) atoms. The van der Waals surface area contributed by atoms with Crippen molar-refractivity contribution < 1.29 is 0 Å². The third kappa shape index (κ3) is 5.11. The molecule has 0 aromatic heterocycles. The average Bonchev–Trinajstić information content (AvgIpc) is 3.50. The third-order valence-corrected chi connectivity index (χ3v) is 12.2. The van der Waals surface area contributed by atoms with Gasteiger partial charge in [-0.05, 0) is 92.3 Å². The summed E-state index contributed by atoms with van der Waals surface area (Å²) in [4.78, 5) is 4.95. The molecule has 10 aromatic rings. The van der Waals surface area contributed by atoms with Crippen LogP contribution in [0.25, 0.3) is 54.2 Å². The Hall–Kier alpha value is -7.16. The van der Waals surface area contributed by atoms with Crippen molar-refractivity contribution in [3.05, 3.63) is 217 Å². The highest BCUT2D eigenvalue weighted by molar-refractivity contribution is 6.18. The Labute approximate surface area is 333 Å². The van der Waals surface area contributed by atoms with E-state index < -0.39 is 0 Å². The fourth-order valence-corrected chi connectivity index (χ4v) is 9.53. The number of fused-ring (bicyclic) bond motifs is 9. The predicted octanol–water partition coefficient (Wildman–Crippen LogP) is 15.5. The van der Waals surface area contributed by atoms with Crippen molar-refractivity contribution >= 4 is 77.2 Å². The van der Waals surface area contributed by atoms with Gasteiger partial charge in [0.25, 0.3) is 0 Å². The first-order valence-corrected chi connectivity index (χ1v) is 19.9. The molecule has 0 unspecified atom stereocenters. The lowest BCUT2D eigenvalue weighted by atomic mass is 9.81. The van der Waals surface area contributed by atoms with Gasteiger partial charge in [-0.25, -0.2) is 0 Å². The van der Waals surface area contributed by atoms with E-state index in [4.69, 9.17) is 0 Å². The Kier molecular flexibility index (Phi) is 7.55. The number of anilines is 6. The van der Waals surface area contributed by atoms with E-state index in [9.17, 15) is 0 Å². The number of para-hydroxylation sites is 2. The van der Waals surface area contributed by atoms with Crippen molar-refractivity contribution in [1.29, 1.82) is 0 Å². The van der Waals surface area contributed by atoms with E-state index in [1.165, 1.54) is 88.1 Å². The van der Waals surface area contributed by atoms with E-state index in [0.717, 1.165) is 11.4 Å². The van der Waals surface area contributed by atoms with E-state index in [1.807, 2.05) is 0 Å². The van der Waals surface area contributed by atoms with Crippen LogP contribution >= 0.6 is 0 Å². The number of hydrogen-bond donors (Lipinski definition) is 0. The van der Waals surface area contributed by atoms with Crippen LogP contribution in [0.1, 0.15) is 25.0 Å². The molecule has 2 heteroatoms. The number of nitrogens with zero attached hydrogens (tertiary/aromatic N) is 2. The van der Waals surface area contributed by atoms with E-state index in [0.29, 0.717) is 0 Å². The second-order valence-corrected chi connectivity index (χ2v) is 15.7. The van der Waals surface area contributed by atoms with Crippen molar-refractivity contribution in [3.63, 3.8) is 0 Å². The Bertz CT molecular complexity index is 2940. The van der Waals surface area contributed by atoms with Crippen LogP contribution in [0.5, 0.6) is 0 Å². The van der Waals surface area contributed by atoms with Crippen LogP contribution < -0.4 is 9.80 Å². The van der Waals surface area contributed by atoms with Crippen molar-refractivity contribution in [1.82, 2.24) is 0 Å². The van der Waals surface area contributed by atoms with Gasteiger partial charge in [0, 0.05) is 38.3 Å². The predicted molar refractivity (Wildman–Crippen MR) is 243 cm³/mol. The molecule has 0 saturated carbocycles. The van der Waals surface area contributed by atoms with Gasteiger partial charge in [0.1, 0.15) is 0 Å². The van der Waals surface area contributed by atoms with Gasteiger partial charge in [-0.1, -0.05) is 172 Å². The highest BCUT2D eigenvalue weighted by Gasteiger charge is 2.40. The molecule has 1 aliphatic rings. The molecule has 0 saturated heterocycles. The molecule has 11 rings (SSSR count). The topological polar surface area (TPSA) is 6.48 Å². The van der Waals surface area contributed by atoms with Crippen LogP contribution in [0, 0.1) is 0 Å². The first kappa shape index (κ1) is 33.2. The molecule has 0 fully saturated rings. The van der Waals surface area contributed by atoms with Gasteiger partial charge >= 0.3 is 0 Å². The van der Waals surface area contributed by atoms with Gasteiger partial charge in [-0.2, -0.15) is 0 Å². The van der Waals surface area contributed by atoms with Gasteiger partial charge in [-0.15, -0.1) is 0 Å². The second-order valence-electron chi connectivity index (χ2n) is 15.7. The monoisotopic (exact) mass is 728 g/mol. The lowest BCUT2D eigenvalue weighted by Gasteiger charge is -2.31. The molecule has 0 amide bonds. The fraction of sp³-hybridized carbons (Fsp3) is 0.0545. The summed E-state index contributed by atoms with van der Waals surface area (Å²) in [5.74, 6) is 0. The van der Waals surface area contributed by atoms with Crippen LogP contribution in [0.4, 0.5) is 34.1 Å². The Morgan fingerprint density at radius 1 is 0.298 bits per heavy atom. The molecule has 1 aliphatic carbocycles. The van der Waals surface area contributed by atoms with Gasteiger partial charge in [-0.3, -0.25) is 0 Å². The molecular formula is C55H40N2. The normalized spacial score (nSPS) is 12.9. The smallest absolute Gasteiger partial charge is 0.0543 e. The SMILES string of the molecule is CC1(C)c2cc(N(c3ccccc3)c3cccc4ccccc34)c3ccccc3c2-c2c1cc(N(c1ccccc1)c1cccc3ccccc13)c1ccccc21. The number of hydrogen-bond acceptors (Lipinski definition) is 2. The quantitative estimate of drug-likeness (QED) is 0.168. The zero-order valence-electron chi connectivity index (χ0n) is 32.0. The first-order chi connectivity index (χ1) is 28.1. The highest BCUT2D eigenvalue weighted by Crippen LogP contribution is 2.58. The maximum absolute atomic E-state index is 2.50. The van der Waals surface area contributed by atoms with Crippen LogP contribution in [-0.2, 0) is 5.41 Å². The average molecular weight is 729 g/mol. The summed E-state index contributed by atoms with van der Waals surface area (Å²) < 4.78 is 0. The largest absolute Gasteiger partial charge is 0.309 e. The zero-order valence-corrected chi connectivity index (χ0v) is 32.0. The van der Waals surface area contributed by atoms with Gasteiger partial charge in [0.2, 0.25) is 0 Å². The minimum Gasteiger partial charge on any atom is -0.309 e. The summed E-state index contributed by atoms with van der Waals surface area (Å²) in [7, 11) is 0. The highest BCUT2D eigenvalue weighted by atomic mass is 15.2. The van der Waals surface area contributed by atoms with Crippen LogP contribution in [0.2, 0.25) is 0 Å². The molecule has 0 heterocycles. The number of rotatable bonds is 6. The molecule has 0 bridgehead atoms. The molecule has 0 aliphatic heterocycles. The second kappa shape index (κ2) is 13.0. The molecule has 0 atom stereocenters. The number of benzene rings is 10. The van der Waals surface area contributed by atoms with Crippen LogP contribution in [-0.4, -0.2) is 0 Å². The summed E-state index contributed by atoms with van der Waals surface area (Å²) in [6.07, 6.45) is 0. The van der Waals surface area contributed by atoms with E-state index >= 15 is 0 Å². The maximum Gasteiger partial charge on any atom is 0.0543 e. The van der Waals surface area contributed by atoms with E-state index in [-0.39, 0.29) is 5.41 Å². The summed E-state index contributed by atoms with van der Waals surface area (Å²) >= 11 is 0. The first-order valence-electron chi connectivity index (χ1n) is 19.9. The molecule has 270 valence electrons. The summed E-state index contributed by atoms with van der Waals surface area (Å²) in [5.41, 5.74) is 12.0. The Morgan fingerprint density at radius 3 is 1.05 bits per heavy atom. The zero-order chi connectivity index (χ0) is 38.1. The van der Waals surface area contributed by atoms with Crippen LogP contribution in [0.15, 0.2) is 206 Å².